The Kier molecular flexibility index (Phi) is 3.93. The molecule has 18 heavy (non-hydrogen) atoms. The Morgan fingerprint density at radius 2 is 2.06 bits per heavy atom. The number of aromatic nitrogens is 1. The van der Waals surface area contributed by atoms with E-state index in [1.165, 1.54) is 6.07 Å². The smallest absolute Gasteiger partial charge is 0.150 e. The first-order valence-electron chi connectivity index (χ1n) is 5.86. The molecule has 0 aliphatic carbocycles. The maximum absolute atomic E-state index is 13.5. The number of hydrogen-bond donors (Lipinski definition) is 2. The van der Waals surface area contributed by atoms with Crippen molar-refractivity contribution in [2.24, 2.45) is 0 Å². The van der Waals surface area contributed by atoms with Crippen LogP contribution in [-0.4, -0.2) is 41.7 Å². The molecule has 98 valence electrons. The predicted molar refractivity (Wildman–Crippen MR) is 66.5 cm³/mol. The molecule has 0 saturated heterocycles. The van der Waals surface area contributed by atoms with Crippen LogP contribution in [0.25, 0.3) is 10.9 Å². The first-order valence-corrected chi connectivity index (χ1v) is 5.86. The number of likely N-dealkylation sites (N-methyl/N-ethyl adjacent to an activating group) is 1. The number of H-pyrrole nitrogens is 1. The lowest BCUT2D eigenvalue weighted by Gasteiger charge is -2.14. The van der Waals surface area contributed by atoms with E-state index in [0.717, 1.165) is 18.2 Å². The van der Waals surface area contributed by atoms with Gasteiger partial charge in [-0.15, -0.1) is 0 Å². The normalized spacial score (nSPS) is 11.6. The summed E-state index contributed by atoms with van der Waals surface area (Å²) in [5, 5.41) is 9.38. The summed E-state index contributed by atoms with van der Waals surface area (Å²) in [6.07, 6.45) is 2.39. The van der Waals surface area contributed by atoms with E-state index in [9.17, 15) is 8.78 Å². The molecule has 0 amide bonds. The number of benzene rings is 1. The van der Waals surface area contributed by atoms with E-state index >= 15 is 0 Å². The summed E-state index contributed by atoms with van der Waals surface area (Å²) in [7, 11) is 1.90. The zero-order valence-corrected chi connectivity index (χ0v) is 10.2. The Morgan fingerprint density at radius 3 is 2.78 bits per heavy atom. The number of hydrogen-bond acceptors (Lipinski definition) is 2. The molecule has 0 radical (unpaired) electrons. The Morgan fingerprint density at radius 1 is 1.28 bits per heavy atom. The van der Waals surface area contributed by atoms with Crippen molar-refractivity contribution >= 4 is 10.9 Å². The number of nitrogens with zero attached hydrogens (tertiary/aromatic N) is 1. The van der Waals surface area contributed by atoms with Gasteiger partial charge in [-0.25, -0.2) is 8.78 Å². The number of nitrogens with one attached hydrogen (secondary N) is 1. The van der Waals surface area contributed by atoms with E-state index in [1.54, 1.807) is 6.20 Å². The molecular formula is C13H16F2N2O. The predicted octanol–water partition coefficient (Wildman–Crippen LogP) is 1.91. The average molecular weight is 254 g/mol. The molecule has 3 nitrogen and oxygen atoms in total. The Balaban J connectivity index is 2.19. The van der Waals surface area contributed by atoms with Gasteiger partial charge in [-0.3, -0.25) is 0 Å². The van der Waals surface area contributed by atoms with Gasteiger partial charge in [-0.05, 0) is 25.1 Å². The summed E-state index contributed by atoms with van der Waals surface area (Å²) in [6, 6.07) is 2.22. The highest BCUT2D eigenvalue weighted by Crippen LogP contribution is 2.22. The number of halogens is 2. The Hall–Kier alpha value is -1.46. The minimum atomic E-state index is -0.569. The monoisotopic (exact) mass is 254 g/mol. The zero-order valence-electron chi connectivity index (χ0n) is 10.2. The lowest BCUT2D eigenvalue weighted by molar-refractivity contribution is 0.223. The van der Waals surface area contributed by atoms with Gasteiger partial charge >= 0.3 is 0 Å². The minimum Gasteiger partial charge on any atom is -0.395 e. The summed E-state index contributed by atoms with van der Waals surface area (Å²) in [5.41, 5.74) is 1.23. The van der Waals surface area contributed by atoms with Gasteiger partial charge in [0.15, 0.2) is 0 Å². The van der Waals surface area contributed by atoms with E-state index in [2.05, 4.69) is 4.98 Å². The number of aliphatic hydroxyl groups excluding tert-OH is 1. The van der Waals surface area contributed by atoms with Crippen LogP contribution in [0.4, 0.5) is 8.78 Å². The van der Waals surface area contributed by atoms with Crippen LogP contribution < -0.4 is 0 Å². The second-order valence-corrected chi connectivity index (χ2v) is 4.40. The molecule has 0 atom stereocenters. The van der Waals surface area contributed by atoms with E-state index in [1.807, 2.05) is 11.9 Å². The van der Waals surface area contributed by atoms with Gasteiger partial charge in [0.2, 0.25) is 0 Å². The molecular weight excluding hydrogens is 238 g/mol. The SMILES string of the molecule is CN(CCO)CCc1c[nH]c2c(F)cc(F)cc12. The van der Waals surface area contributed by atoms with Crippen LogP contribution in [-0.2, 0) is 6.42 Å². The van der Waals surface area contributed by atoms with Crippen LogP contribution >= 0.6 is 0 Å². The molecule has 0 spiro atoms. The molecule has 0 aliphatic rings. The van der Waals surface area contributed by atoms with Crippen molar-refractivity contribution in [1.82, 2.24) is 9.88 Å². The van der Waals surface area contributed by atoms with Crippen LogP contribution in [0.5, 0.6) is 0 Å². The summed E-state index contributed by atoms with van der Waals surface area (Å²) in [6.45, 7) is 1.42. The molecule has 1 aromatic heterocycles. The molecule has 1 aromatic carbocycles. The molecule has 0 fully saturated rings. The van der Waals surface area contributed by atoms with Crippen molar-refractivity contribution in [3.05, 3.63) is 35.5 Å². The highest BCUT2D eigenvalue weighted by atomic mass is 19.1. The van der Waals surface area contributed by atoms with Crippen molar-refractivity contribution in [3.8, 4) is 0 Å². The molecule has 1 heterocycles. The first kappa shape index (κ1) is 13.0. The van der Waals surface area contributed by atoms with Gasteiger partial charge in [0.25, 0.3) is 0 Å². The molecule has 0 saturated carbocycles. The summed E-state index contributed by atoms with van der Waals surface area (Å²) in [4.78, 5) is 4.80. The minimum absolute atomic E-state index is 0.105. The van der Waals surface area contributed by atoms with E-state index in [-0.39, 0.29) is 6.61 Å². The number of aromatic amines is 1. The highest BCUT2D eigenvalue weighted by Gasteiger charge is 2.10. The lowest BCUT2D eigenvalue weighted by atomic mass is 10.1. The highest BCUT2D eigenvalue weighted by molar-refractivity contribution is 5.83. The molecule has 0 unspecified atom stereocenters. The Bertz CT molecular complexity index is 539. The van der Waals surface area contributed by atoms with Crippen molar-refractivity contribution in [2.45, 2.75) is 6.42 Å². The molecule has 0 bridgehead atoms. The first-order chi connectivity index (χ1) is 8.61. The largest absolute Gasteiger partial charge is 0.395 e. The third-order valence-corrected chi connectivity index (χ3v) is 3.04. The number of rotatable bonds is 5. The number of aliphatic hydroxyl groups is 1. The molecule has 2 rings (SSSR count). The van der Waals surface area contributed by atoms with Gasteiger partial charge in [0, 0.05) is 30.7 Å². The molecule has 2 N–H and O–H groups in total. The fourth-order valence-electron chi connectivity index (χ4n) is 2.01. The third kappa shape index (κ3) is 2.68. The summed E-state index contributed by atoms with van der Waals surface area (Å²) in [5.74, 6) is -1.13. The topological polar surface area (TPSA) is 39.3 Å². The molecule has 5 heteroatoms. The van der Waals surface area contributed by atoms with Gasteiger partial charge < -0.3 is 15.0 Å². The zero-order chi connectivity index (χ0) is 13.1. The second-order valence-electron chi connectivity index (χ2n) is 4.40. The maximum atomic E-state index is 13.5. The fourth-order valence-corrected chi connectivity index (χ4v) is 2.01. The second kappa shape index (κ2) is 5.46. The van der Waals surface area contributed by atoms with E-state index in [0.29, 0.717) is 23.9 Å². The van der Waals surface area contributed by atoms with Gasteiger partial charge in [0.05, 0.1) is 12.1 Å². The van der Waals surface area contributed by atoms with Gasteiger partial charge in [-0.1, -0.05) is 0 Å². The number of fused-ring (bicyclic) bond motifs is 1. The van der Waals surface area contributed by atoms with Crippen LogP contribution in [0.3, 0.4) is 0 Å². The van der Waals surface area contributed by atoms with Crippen molar-refractivity contribution in [1.29, 1.82) is 0 Å². The van der Waals surface area contributed by atoms with E-state index in [4.69, 9.17) is 5.11 Å². The summed E-state index contributed by atoms with van der Waals surface area (Å²) >= 11 is 0. The summed E-state index contributed by atoms with van der Waals surface area (Å²) < 4.78 is 26.6. The van der Waals surface area contributed by atoms with Crippen LogP contribution in [0.15, 0.2) is 18.3 Å². The molecule has 2 aromatic rings. The fraction of sp³-hybridized carbons (Fsp3) is 0.385. The average Bonchev–Trinajstić information content (AvgIpc) is 2.70. The van der Waals surface area contributed by atoms with Gasteiger partial charge in [0.1, 0.15) is 11.6 Å². The van der Waals surface area contributed by atoms with Crippen molar-refractivity contribution < 1.29 is 13.9 Å². The Labute approximate surface area is 104 Å². The lowest BCUT2D eigenvalue weighted by Crippen LogP contribution is -2.24. The molecule has 0 aliphatic heterocycles. The van der Waals surface area contributed by atoms with Crippen LogP contribution in [0.1, 0.15) is 5.56 Å². The standard InChI is InChI=1S/C13H16F2N2O/c1-17(4-5-18)3-2-9-8-16-13-11(9)6-10(14)7-12(13)15/h6-8,16,18H,2-5H2,1H3. The van der Waals surface area contributed by atoms with Crippen molar-refractivity contribution in [3.63, 3.8) is 0 Å². The van der Waals surface area contributed by atoms with Crippen LogP contribution in [0, 0.1) is 11.6 Å². The van der Waals surface area contributed by atoms with Crippen molar-refractivity contribution in [2.75, 3.05) is 26.7 Å². The quantitative estimate of drug-likeness (QED) is 0.855. The van der Waals surface area contributed by atoms with Crippen LogP contribution in [0.2, 0.25) is 0 Å². The third-order valence-electron chi connectivity index (χ3n) is 3.04. The van der Waals surface area contributed by atoms with E-state index < -0.39 is 11.6 Å². The maximum Gasteiger partial charge on any atom is 0.150 e. The van der Waals surface area contributed by atoms with Gasteiger partial charge in [-0.2, -0.15) is 0 Å².